The van der Waals surface area contributed by atoms with Gasteiger partial charge in [0.2, 0.25) is 15.9 Å². The van der Waals surface area contributed by atoms with Crippen molar-refractivity contribution in [3.63, 3.8) is 0 Å². The average molecular weight is 387 g/mol. The highest BCUT2D eigenvalue weighted by atomic mass is 32.2. The molecule has 0 atom stereocenters. The topological polar surface area (TPSA) is 57.7 Å². The van der Waals surface area contributed by atoms with Crippen LogP contribution < -0.4 is 9.21 Å². The summed E-state index contributed by atoms with van der Waals surface area (Å²) in [7, 11) is -3.62. The first-order valence-corrected chi connectivity index (χ1v) is 10.9. The fourth-order valence-electron chi connectivity index (χ4n) is 3.51. The summed E-state index contributed by atoms with van der Waals surface area (Å²) in [6, 6.07) is 15.2. The summed E-state index contributed by atoms with van der Waals surface area (Å²) >= 11 is 0. The van der Waals surface area contributed by atoms with Crippen molar-refractivity contribution in [3.05, 3.63) is 59.7 Å². The van der Waals surface area contributed by atoms with Crippen molar-refractivity contribution in [2.75, 3.05) is 28.6 Å². The van der Waals surface area contributed by atoms with E-state index in [1.165, 1.54) is 4.31 Å². The molecule has 2 aromatic rings. The lowest BCUT2D eigenvalue weighted by Crippen LogP contribution is -2.43. The molecule has 0 spiro atoms. The van der Waals surface area contributed by atoms with E-state index in [2.05, 4.69) is 0 Å². The molecule has 0 unspecified atom stereocenters. The number of hydrogen-bond acceptors (Lipinski definition) is 3. The van der Waals surface area contributed by atoms with Crippen molar-refractivity contribution in [3.8, 4) is 0 Å². The Hall–Kier alpha value is -2.34. The van der Waals surface area contributed by atoms with Gasteiger partial charge in [0, 0.05) is 12.2 Å². The minimum atomic E-state index is -3.62. The Morgan fingerprint density at radius 2 is 1.70 bits per heavy atom. The lowest BCUT2D eigenvalue weighted by atomic mass is 9.86. The van der Waals surface area contributed by atoms with Crippen molar-refractivity contribution >= 4 is 27.3 Å². The molecule has 0 bridgehead atoms. The zero-order chi connectivity index (χ0) is 19.8. The maximum atomic E-state index is 13.0. The molecule has 27 heavy (non-hydrogen) atoms. The molecule has 1 heterocycles. The molecule has 3 rings (SSSR count). The molecule has 5 nitrogen and oxygen atoms in total. The first kappa shape index (κ1) is 19.4. The number of amides is 1. The molecular weight excluding hydrogens is 360 g/mol. The van der Waals surface area contributed by atoms with Crippen LogP contribution in [0.25, 0.3) is 0 Å². The first-order chi connectivity index (χ1) is 12.6. The summed E-state index contributed by atoms with van der Waals surface area (Å²) in [5, 5.41) is 0. The normalized spacial score (nSPS) is 14.1. The van der Waals surface area contributed by atoms with Crippen LogP contribution in [0, 0.1) is 0 Å². The Morgan fingerprint density at radius 3 is 2.37 bits per heavy atom. The van der Waals surface area contributed by atoms with Gasteiger partial charge in [0.25, 0.3) is 0 Å². The molecule has 0 N–H and O–H groups in total. The van der Waals surface area contributed by atoms with Gasteiger partial charge in [-0.05, 0) is 35.1 Å². The Balaban J connectivity index is 1.96. The Kier molecular flexibility index (Phi) is 5.04. The molecule has 1 aliphatic heterocycles. The molecule has 0 aliphatic carbocycles. The quantitative estimate of drug-likeness (QED) is 0.810. The van der Waals surface area contributed by atoms with E-state index in [0.717, 1.165) is 29.5 Å². The van der Waals surface area contributed by atoms with E-state index < -0.39 is 10.0 Å². The minimum absolute atomic E-state index is 0.208. The molecular formula is C21H26N2O3S. The summed E-state index contributed by atoms with van der Waals surface area (Å²) < 4.78 is 26.4. The van der Waals surface area contributed by atoms with E-state index in [4.69, 9.17) is 0 Å². The summed E-state index contributed by atoms with van der Waals surface area (Å²) in [4.78, 5) is 14.7. The number of carbonyl (C=O) groups excluding carboxylic acids is 1. The zero-order valence-electron chi connectivity index (χ0n) is 16.3. The number of fused-ring (bicyclic) bond motifs is 1. The van der Waals surface area contributed by atoms with Gasteiger partial charge in [-0.15, -0.1) is 0 Å². The molecule has 2 aromatic carbocycles. The monoisotopic (exact) mass is 386 g/mol. The maximum Gasteiger partial charge on any atom is 0.247 e. The lowest BCUT2D eigenvalue weighted by molar-refractivity contribution is -0.117. The molecule has 0 saturated carbocycles. The summed E-state index contributed by atoms with van der Waals surface area (Å²) in [5.41, 5.74) is 3.20. The van der Waals surface area contributed by atoms with Crippen molar-refractivity contribution in [1.29, 1.82) is 0 Å². The molecule has 1 amide bonds. The number of hydrogen-bond donors (Lipinski definition) is 0. The van der Waals surface area contributed by atoms with Crippen LogP contribution in [0.5, 0.6) is 0 Å². The lowest BCUT2D eigenvalue weighted by Gasteiger charge is -2.30. The number of benzene rings is 2. The summed E-state index contributed by atoms with van der Waals surface area (Å²) in [6.45, 7) is 6.47. The van der Waals surface area contributed by atoms with Gasteiger partial charge in [0.1, 0.15) is 6.54 Å². The zero-order valence-corrected chi connectivity index (χ0v) is 17.1. The van der Waals surface area contributed by atoms with Gasteiger partial charge in [-0.2, -0.15) is 0 Å². The SMILES string of the molecule is CC(C)(C)c1ccccc1N(CC(=O)N1CCc2ccccc21)S(C)(=O)=O. The van der Waals surface area contributed by atoms with Crippen molar-refractivity contribution < 1.29 is 13.2 Å². The van der Waals surface area contributed by atoms with Gasteiger partial charge < -0.3 is 4.90 Å². The van der Waals surface area contributed by atoms with Gasteiger partial charge >= 0.3 is 0 Å². The maximum absolute atomic E-state index is 13.0. The first-order valence-electron chi connectivity index (χ1n) is 9.04. The van der Waals surface area contributed by atoms with Crippen LogP contribution in [0.1, 0.15) is 31.9 Å². The third-order valence-corrected chi connectivity index (χ3v) is 5.97. The molecule has 0 saturated heterocycles. The van der Waals surface area contributed by atoms with Crippen molar-refractivity contribution in [1.82, 2.24) is 0 Å². The number of nitrogens with zero attached hydrogens (tertiary/aromatic N) is 2. The number of anilines is 2. The Labute approximate surface area is 161 Å². The predicted octanol–water partition coefficient (Wildman–Crippen LogP) is 3.34. The van der Waals surface area contributed by atoms with Crippen molar-refractivity contribution in [2.45, 2.75) is 32.6 Å². The number of para-hydroxylation sites is 2. The smallest absolute Gasteiger partial charge is 0.247 e. The number of rotatable bonds is 4. The molecule has 0 fully saturated rings. The highest BCUT2D eigenvalue weighted by Gasteiger charge is 2.31. The largest absolute Gasteiger partial charge is 0.310 e. The van der Waals surface area contributed by atoms with Crippen LogP contribution in [0.15, 0.2) is 48.5 Å². The number of carbonyl (C=O) groups is 1. The molecule has 0 radical (unpaired) electrons. The average Bonchev–Trinajstić information content (AvgIpc) is 3.02. The van der Waals surface area contributed by atoms with E-state index in [1.807, 2.05) is 57.2 Å². The van der Waals surface area contributed by atoms with E-state index >= 15 is 0 Å². The Morgan fingerprint density at radius 1 is 1.07 bits per heavy atom. The second-order valence-corrected chi connectivity index (χ2v) is 9.87. The van der Waals surface area contributed by atoms with E-state index in [0.29, 0.717) is 12.2 Å². The number of sulfonamides is 1. The highest BCUT2D eigenvalue weighted by Crippen LogP contribution is 2.34. The van der Waals surface area contributed by atoms with E-state index in [-0.39, 0.29) is 17.9 Å². The van der Waals surface area contributed by atoms with E-state index in [1.54, 1.807) is 17.0 Å². The van der Waals surface area contributed by atoms with E-state index in [9.17, 15) is 13.2 Å². The van der Waals surface area contributed by atoms with Crippen LogP contribution in [0.3, 0.4) is 0 Å². The highest BCUT2D eigenvalue weighted by molar-refractivity contribution is 7.92. The van der Waals surface area contributed by atoms with Gasteiger partial charge in [-0.25, -0.2) is 8.42 Å². The van der Waals surface area contributed by atoms with Crippen molar-refractivity contribution in [2.24, 2.45) is 0 Å². The standard InChI is InChI=1S/C21H26N2O3S/c1-21(2,3)17-10-6-8-12-19(17)23(27(4,25)26)15-20(24)22-14-13-16-9-5-7-11-18(16)22/h5-12H,13-15H2,1-4H3. The second-order valence-electron chi connectivity index (χ2n) is 7.96. The summed E-state index contributed by atoms with van der Waals surface area (Å²) in [5.74, 6) is -0.214. The molecule has 0 aromatic heterocycles. The fraction of sp³-hybridized carbons (Fsp3) is 0.381. The van der Waals surface area contributed by atoms with Crippen LogP contribution in [0.2, 0.25) is 0 Å². The van der Waals surface area contributed by atoms with Crippen LogP contribution in [-0.4, -0.2) is 33.7 Å². The molecule has 1 aliphatic rings. The van der Waals surface area contributed by atoms with Gasteiger partial charge in [-0.3, -0.25) is 9.10 Å². The van der Waals surface area contributed by atoms with Gasteiger partial charge in [0.15, 0.2) is 0 Å². The van der Waals surface area contributed by atoms with Gasteiger partial charge in [-0.1, -0.05) is 57.2 Å². The second kappa shape index (κ2) is 7.00. The van der Waals surface area contributed by atoms with Crippen LogP contribution in [0.4, 0.5) is 11.4 Å². The third-order valence-electron chi connectivity index (χ3n) is 4.85. The molecule has 144 valence electrons. The van der Waals surface area contributed by atoms with Crippen LogP contribution in [-0.2, 0) is 26.7 Å². The predicted molar refractivity (Wildman–Crippen MR) is 110 cm³/mol. The van der Waals surface area contributed by atoms with Crippen LogP contribution >= 0.6 is 0 Å². The summed E-state index contributed by atoms with van der Waals surface area (Å²) in [6.07, 6.45) is 1.94. The molecule has 6 heteroatoms. The van der Waals surface area contributed by atoms with Gasteiger partial charge in [0.05, 0.1) is 11.9 Å². The minimum Gasteiger partial charge on any atom is -0.310 e. The third kappa shape index (κ3) is 4.00. The Bertz CT molecular complexity index is 961. The fourth-order valence-corrected chi connectivity index (χ4v) is 4.37.